The third kappa shape index (κ3) is 8.26. The molecule has 0 aliphatic rings. The van der Waals surface area contributed by atoms with Gasteiger partial charge in [0.15, 0.2) is 5.96 Å². The second kappa shape index (κ2) is 13.4. The van der Waals surface area contributed by atoms with Crippen LogP contribution in [0.15, 0.2) is 53.7 Å². The van der Waals surface area contributed by atoms with E-state index in [1.54, 1.807) is 13.3 Å². The number of ether oxygens (including phenoxy) is 3. The van der Waals surface area contributed by atoms with Gasteiger partial charge in [-0.1, -0.05) is 24.3 Å². The summed E-state index contributed by atoms with van der Waals surface area (Å²) in [5, 5.41) is 6.58. The zero-order valence-corrected chi connectivity index (χ0v) is 16.7. The molecule has 0 atom stereocenters. The number of hydrogen-bond donors (Lipinski definition) is 2. The lowest BCUT2D eigenvalue weighted by atomic mass is 10.3. The molecule has 0 bridgehead atoms. The third-order valence-corrected chi connectivity index (χ3v) is 3.75. The van der Waals surface area contributed by atoms with E-state index in [1.165, 1.54) is 0 Å². The molecule has 0 unspecified atom stereocenters. The summed E-state index contributed by atoms with van der Waals surface area (Å²) < 4.78 is 16.4. The van der Waals surface area contributed by atoms with E-state index in [9.17, 15) is 0 Å². The Bertz CT molecular complexity index is 695. The van der Waals surface area contributed by atoms with Crippen molar-refractivity contribution in [1.29, 1.82) is 0 Å². The van der Waals surface area contributed by atoms with Crippen LogP contribution < -0.4 is 20.1 Å². The minimum absolute atomic E-state index is 0.462. The van der Waals surface area contributed by atoms with Gasteiger partial charge in [-0.25, -0.2) is 9.98 Å². The summed E-state index contributed by atoms with van der Waals surface area (Å²) in [5.74, 6) is 2.24. The van der Waals surface area contributed by atoms with Crippen molar-refractivity contribution >= 4 is 5.96 Å². The Hall–Kier alpha value is -2.80. The molecule has 0 fully saturated rings. The molecule has 0 aliphatic carbocycles. The lowest BCUT2D eigenvalue weighted by molar-refractivity contribution is 0.143. The maximum absolute atomic E-state index is 5.70. The van der Waals surface area contributed by atoms with E-state index in [1.807, 2.05) is 49.4 Å². The molecule has 2 aromatic rings. The number of methoxy groups -OCH3 is 1. The summed E-state index contributed by atoms with van der Waals surface area (Å²) in [4.78, 5) is 8.92. The first-order chi connectivity index (χ1) is 13.8. The Morgan fingerprint density at radius 3 is 2.64 bits per heavy atom. The third-order valence-electron chi connectivity index (χ3n) is 3.75. The van der Waals surface area contributed by atoms with Gasteiger partial charge in [-0.15, -0.1) is 0 Å². The number of benzene rings is 1. The normalized spacial score (nSPS) is 11.1. The molecule has 0 saturated heterocycles. The average Bonchev–Trinajstić information content (AvgIpc) is 2.73. The van der Waals surface area contributed by atoms with Crippen molar-refractivity contribution in [2.24, 2.45) is 4.99 Å². The fourth-order valence-electron chi connectivity index (χ4n) is 2.39. The standard InChI is InChI=1S/C21H30N4O3/c1-3-22-21(24-13-8-14-27-19-10-5-4-6-11-19)25-17-18-9-7-12-23-20(18)28-16-15-26-2/h4-7,9-12H,3,8,13-17H2,1-2H3,(H2,22,24,25). The van der Waals surface area contributed by atoms with Crippen molar-refractivity contribution in [3.63, 3.8) is 0 Å². The summed E-state index contributed by atoms with van der Waals surface area (Å²) in [6.45, 7) is 5.71. The summed E-state index contributed by atoms with van der Waals surface area (Å²) in [5.41, 5.74) is 0.934. The summed E-state index contributed by atoms with van der Waals surface area (Å²) >= 11 is 0. The number of rotatable bonds is 12. The van der Waals surface area contributed by atoms with E-state index in [0.29, 0.717) is 32.2 Å². The van der Waals surface area contributed by atoms with Gasteiger partial charge in [0.2, 0.25) is 5.88 Å². The molecule has 2 rings (SSSR count). The Balaban J connectivity index is 1.80. The summed E-state index contributed by atoms with van der Waals surface area (Å²) in [7, 11) is 1.65. The van der Waals surface area contributed by atoms with E-state index >= 15 is 0 Å². The van der Waals surface area contributed by atoms with E-state index in [4.69, 9.17) is 14.2 Å². The van der Waals surface area contributed by atoms with Crippen molar-refractivity contribution in [2.75, 3.05) is 40.0 Å². The van der Waals surface area contributed by atoms with E-state index in [-0.39, 0.29) is 0 Å². The molecular weight excluding hydrogens is 356 g/mol. The Morgan fingerprint density at radius 1 is 1.00 bits per heavy atom. The first-order valence-electron chi connectivity index (χ1n) is 9.59. The first-order valence-corrected chi connectivity index (χ1v) is 9.59. The predicted octanol–water partition coefficient (Wildman–Crippen LogP) is 2.63. The quantitative estimate of drug-likeness (QED) is 0.332. The number of aromatic nitrogens is 1. The van der Waals surface area contributed by atoms with E-state index in [2.05, 4.69) is 20.6 Å². The van der Waals surface area contributed by atoms with Crippen LogP contribution in [0.2, 0.25) is 0 Å². The second-order valence-corrected chi connectivity index (χ2v) is 5.95. The molecule has 7 heteroatoms. The van der Waals surface area contributed by atoms with Crippen molar-refractivity contribution in [3.8, 4) is 11.6 Å². The van der Waals surface area contributed by atoms with Gasteiger partial charge in [0.1, 0.15) is 12.4 Å². The van der Waals surface area contributed by atoms with Gasteiger partial charge >= 0.3 is 0 Å². The van der Waals surface area contributed by atoms with Gasteiger partial charge in [-0.3, -0.25) is 0 Å². The molecule has 7 nitrogen and oxygen atoms in total. The number of nitrogens with zero attached hydrogens (tertiary/aromatic N) is 2. The molecule has 0 spiro atoms. The van der Waals surface area contributed by atoms with Crippen LogP contribution in [-0.2, 0) is 11.3 Å². The Labute approximate surface area is 167 Å². The number of nitrogens with one attached hydrogen (secondary N) is 2. The maximum Gasteiger partial charge on any atom is 0.218 e. The van der Waals surface area contributed by atoms with Crippen LogP contribution in [0, 0.1) is 0 Å². The molecule has 1 heterocycles. The molecule has 28 heavy (non-hydrogen) atoms. The highest BCUT2D eigenvalue weighted by Crippen LogP contribution is 2.15. The highest BCUT2D eigenvalue weighted by atomic mass is 16.5. The van der Waals surface area contributed by atoms with Crippen LogP contribution >= 0.6 is 0 Å². The Morgan fingerprint density at radius 2 is 1.86 bits per heavy atom. The monoisotopic (exact) mass is 386 g/mol. The molecule has 0 aliphatic heterocycles. The topological polar surface area (TPSA) is 77.0 Å². The Kier molecular flexibility index (Phi) is 10.3. The fraction of sp³-hybridized carbons (Fsp3) is 0.429. The molecule has 0 amide bonds. The fourth-order valence-corrected chi connectivity index (χ4v) is 2.39. The smallest absolute Gasteiger partial charge is 0.218 e. The van der Waals surface area contributed by atoms with Crippen LogP contribution in [0.5, 0.6) is 11.6 Å². The zero-order valence-electron chi connectivity index (χ0n) is 16.7. The highest BCUT2D eigenvalue weighted by molar-refractivity contribution is 5.79. The number of aliphatic imine (C=N–C) groups is 1. The molecule has 1 aromatic heterocycles. The predicted molar refractivity (Wildman–Crippen MR) is 111 cm³/mol. The van der Waals surface area contributed by atoms with E-state index < -0.39 is 0 Å². The molecule has 0 radical (unpaired) electrons. The minimum Gasteiger partial charge on any atom is -0.494 e. The maximum atomic E-state index is 5.70. The highest BCUT2D eigenvalue weighted by Gasteiger charge is 2.05. The van der Waals surface area contributed by atoms with Crippen molar-refractivity contribution in [2.45, 2.75) is 19.9 Å². The number of guanidine groups is 1. The minimum atomic E-state index is 0.462. The van der Waals surface area contributed by atoms with Crippen LogP contribution in [0.4, 0.5) is 0 Å². The molecule has 0 saturated carbocycles. The van der Waals surface area contributed by atoms with Gasteiger partial charge in [-0.05, 0) is 31.5 Å². The molecule has 152 valence electrons. The van der Waals surface area contributed by atoms with Crippen molar-refractivity contribution < 1.29 is 14.2 Å². The second-order valence-electron chi connectivity index (χ2n) is 5.95. The van der Waals surface area contributed by atoms with Crippen LogP contribution in [0.1, 0.15) is 18.9 Å². The van der Waals surface area contributed by atoms with Crippen LogP contribution in [-0.4, -0.2) is 51.0 Å². The summed E-state index contributed by atoms with van der Waals surface area (Å²) in [6, 6.07) is 13.7. The molecular formula is C21H30N4O3. The lowest BCUT2D eigenvalue weighted by Gasteiger charge is -2.13. The van der Waals surface area contributed by atoms with Crippen LogP contribution in [0.3, 0.4) is 0 Å². The summed E-state index contributed by atoms with van der Waals surface area (Å²) in [6.07, 6.45) is 2.59. The van der Waals surface area contributed by atoms with Gasteiger partial charge in [0.25, 0.3) is 0 Å². The lowest BCUT2D eigenvalue weighted by Crippen LogP contribution is -2.38. The number of pyridine rings is 1. The van der Waals surface area contributed by atoms with Gasteiger partial charge < -0.3 is 24.8 Å². The SMILES string of the molecule is CCNC(=NCc1cccnc1OCCOC)NCCCOc1ccccc1. The van der Waals surface area contributed by atoms with Gasteiger partial charge in [0.05, 0.1) is 19.8 Å². The average molecular weight is 386 g/mol. The van der Waals surface area contributed by atoms with Crippen molar-refractivity contribution in [3.05, 3.63) is 54.2 Å². The zero-order chi connectivity index (χ0) is 19.9. The number of para-hydroxylation sites is 1. The van der Waals surface area contributed by atoms with Crippen molar-refractivity contribution in [1.82, 2.24) is 15.6 Å². The van der Waals surface area contributed by atoms with Gasteiger partial charge in [0, 0.05) is 32.0 Å². The van der Waals surface area contributed by atoms with Crippen LogP contribution in [0.25, 0.3) is 0 Å². The molecule has 1 aromatic carbocycles. The van der Waals surface area contributed by atoms with Gasteiger partial charge in [-0.2, -0.15) is 0 Å². The molecule has 2 N–H and O–H groups in total. The largest absolute Gasteiger partial charge is 0.494 e. The van der Waals surface area contributed by atoms with E-state index in [0.717, 1.165) is 36.8 Å². The number of hydrogen-bond acceptors (Lipinski definition) is 5. The first kappa shape index (κ1) is 21.5.